The van der Waals surface area contributed by atoms with Crippen molar-refractivity contribution in [2.24, 2.45) is 10.1 Å². The molecule has 2 aliphatic rings. The second kappa shape index (κ2) is 11.2. The first kappa shape index (κ1) is 23.9. The highest BCUT2D eigenvalue weighted by Crippen LogP contribution is 2.31. The lowest BCUT2D eigenvalue weighted by Gasteiger charge is -2.20. The van der Waals surface area contributed by atoms with Gasteiger partial charge in [0.2, 0.25) is 5.17 Å². The summed E-state index contributed by atoms with van der Waals surface area (Å²) in [5.74, 6) is -0.338. The zero-order valence-corrected chi connectivity index (χ0v) is 19.9. The maximum absolute atomic E-state index is 14.0. The number of aliphatic imine (C=N–C) groups is 1. The van der Waals surface area contributed by atoms with Crippen LogP contribution in [0.2, 0.25) is 0 Å². The van der Waals surface area contributed by atoms with Crippen LogP contribution in [0.3, 0.4) is 0 Å². The van der Waals surface area contributed by atoms with E-state index in [1.165, 1.54) is 42.1 Å². The summed E-state index contributed by atoms with van der Waals surface area (Å²) < 4.78 is 19.8. The molecule has 1 N–H and O–H groups in total. The first-order valence-electron chi connectivity index (χ1n) is 11.5. The predicted molar refractivity (Wildman–Crippen MR) is 136 cm³/mol. The predicted octanol–water partition coefficient (Wildman–Crippen LogP) is 6.38. The highest BCUT2D eigenvalue weighted by Gasteiger charge is 2.35. The van der Waals surface area contributed by atoms with Crippen molar-refractivity contribution >= 4 is 39.8 Å². The molecule has 2 heterocycles. The highest BCUT2D eigenvalue weighted by molar-refractivity contribution is 8.26. The standard InChI is InChI=1S/C26H27FN4O2S/c1-2-3-4-5-6-15-23-30-31-24(28)20(25(32)29-26(31)34-23)16-18-11-8-10-14-22(18)33-17-19-12-7-9-13-21(19)27/h7-14,16,28H,2-6,15,17H2,1H3/b20-16+,28-24?. The fourth-order valence-electron chi connectivity index (χ4n) is 3.67. The Kier molecular flexibility index (Phi) is 7.90. The summed E-state index contributed by atoms with van der Waals surface area (Å²) in [6, 6.07) is 13.6. The smallest absolute Gasteiger partial charge is 0.283 e. The zero-order chi connectivity index (χ0) is 23.9. The van der Waals surface area contributed by atoms with E-state index in [0.29, 0.717) is 22.0 Å². The van der Waals surface area contributed by atoms with Gasteiger partial charge in [0, 0.05) is 11.1 Å². The molecule has 1 amide bonds. The van der Waals surface area contributed by atoms with Crippen LogP contribution < -0.4 is 4.74 Å². The second-order valence-corrected chi connectivity index (χ2v) is 9.14. The van der Waals surface area contributed by atoms with E-state index in [9.17, 15) is 9.18 Å². The van der Waals surface area contributed by atoms with Crippen molar-refractivity contribution in [2.45, 2.75) is 52.1 Å². The molecule has 4 rings (SSSR count). The Morgan fingerprint density at radius 2 is 1.85 bits per heavy atom. The number of nitrogens with one attached hydrogen (secondary N) is 1. The average Bonchev–Trinajstić information content (AvgIpc) is 3.24. The van der Waals surface area contributed by atoms with Gasteiger partial charge in [-0.3, -0.25) is 10.2 Å². The number of rotatable bonds is 10. The van der Waals surface area contributed by atoms with E-state index < -0.39 is 5.91 Å². The minimum Gasteiger partial charge on any atom is -0.488 e. The van der Waals surface area contributed by atoms with Gasteiger partial charge in [-0.1, -0.05) is 69.0 Å². The Bertz CT molecular complexity index is 1170. The van der Waals surface area contributed by atoms with E-state index in [0.717, 1.165) is 24.3 Å². The van der Waals surface area contributed by atoms with Crippen LogP contribution >= 0.6 is 11.8 Å². The van der Waals surface area contributed by atoms with Gasteiger partial charge in [-0.05, 0) is 42.8 Å². The summed E-state index contributed by atoms with van der Waals surface area (Å²) in [5.41, 5.74) is 1.18. The molecule has 2 aromatic carbocycles. The quantitative estimate of drug-likeness (QED) is 0.317. The van der Waals surface area contributed by atoms with Gasteiger partial charge in [-0.25, -0.2) is 4.39 Å². The molecule has 0 bridgehead atoms. The number of amides is 1. The molecule has 0 radical (unpaired) electrons. The molecule has 0 saturated heterocycles. The molecule has 0 saturated carbocycles. The molecule has 6 nitrogen and oxygen atoms in total. The number of carbonyl (C=O) groups excluding carboxylic acids is 1. The van der Waals surface area contributed by atoms with Crippen molar-refractivity contribution in [3.8, 4) is 5.75 Å². The van der Waals surface area contributed by atoms with E-state index >= 15 is 0 Å². The van der Waals surface area contributed by atoms with E-state index in [-0.39, 0.29) is 23.8 Å². The minimum atomic E-state index is -0.480. The largest absolute Gasteiger partial charge is 0.488 e. The highest BCUT2D eigenvalue weighted by atomic mass is 32.2. The number of hydrogen-bond donors (Lipinski definition) is 1. The SMILES string of the molecule is CCCCCCCC1=NN2C(=N)/C(=C\c3ccccc3OCc3ccccc3F)C(=O)N=C2S1. The third-order valence-corrected chi connectivity index (χ3v) is 6.52. The van der Waals surface area contributed by atoms with Crippen LogP contribution in [0.25, 0.3) is 6.08 Å². The van der Waals surface area contributed by atoms with Gasteiger partial charge in [0.25, 0.3) is 5.91 Å². The number of unbranched alkanes of at least 4 members (excludes halogenated alkanes) is 4. The molecule has 0 unspecified atom stereocenters. The number of halogens is 1. The van der Waals surface area contributed by atoms with E-state index in [1.54, 1.807) is 42.5 Å². The number of benzene rings is 2. The lowest BCUT2D eigenvalue weighted by Crippen LogP contribution is -2.35. The summed E-state index contributed by atoms with van der Waals surface area (Å²) in [7, 11) is 0. The number of carbonyl (C=O) groups is 1. The molecule has 0 spiro atoms. The van der Waals surface area contributed by atoms with Gasteiger partial charge >= 0.3 is 0 Å². The van der Waals surface area contributed by atoms with Crippen molar-refractivity contribution in [3.05, 3.63) is 71.0 Å². The Labute approximate surface area is 203 Å². The number of fused-ring (bicyclic) bond motifs is 1. The third kappa shape index (κ3) is 5.62. The molecule has 176 valence electrons. The molecule has 8 heteroatoms. The van der Waals surface area contributed by atoms with Gasteiger partial charge < -0.3 is 4.74 Å². The summed E-state index contributed by atoms with van der Waals surface area (Å²) in [4.78, 5) is 16.9. The average molecular weight is 479 g/mol. The molecular formula is C26H27FN4O2S. The van der Waals surface area contributed by atoms with Crippen LogP contribution in [0.5, 0.6) is 5.75 Å². The molecular weight excluding hydrogens is 451 g/mol. The third-order valence-electron chi connectivity index (χ3n) is 5.55. The van der Waals surface area contributed by atoms with Crippen LogP contribution in [0.4, 0.5) is 4.39 Å². The van der Waals surface area contributed by atoms with Crippen molar-refractivity contribution in [1.82, 2.24) is 5.01 Å². The number of thioether (sulfide) groups is 1. The van der Waals surface area contributed by atoms with Crippen molar-refractivity contribution in [1.29, 1.82) is 5.41 Å². The summed E-state index contributed by atoms with van der Waals surface area (Å²) >= 11 is 1.36. The fourth-order valence-corrected chi connectivity index (χ4v) is 4.60. The monoisotopic (exact) mass is 478 g/mol. The van der Waals surface area contributed by atoms with Gasteiger partial charge in [-0.15, -0.1) is 0 Å². The maximum Gasteiger partial charge on any atom is 0.283 e. The normalized spacial score (nSPS) is 16.5. The Morgan fingerprint density at radius 1 is 1.09 bits per heavy atom. The van der Waals surface area contributed by atoms with Gasteiger partial charge in [0.1, 0.15) is 23.2 Å². The molecule has 0 atom stereocenters. The lowest BCUT2D eigenvalue weighted by molar-refractivity contribution is -0.114. The fraction of sp³-hybridized carbons (Fsp3) is 0.308. The van der Waals surface area contributed by atoms with E-state index in [1.807, 2.05) is 6.07 Å². The number of para-hydroxylation sites is 1. The van der Waals surface area contributed by atoms with Crippen molar-refractivity contribution in [3.63, 3.8) is 0 Å². The van der Waals surface area contributed by atoms with Gasteiger partial charge in [-0.2, -0.15) is 15.1 Å². The Hall–Kier alpha value is -3.26. The maximum atomic E-state index is 14.0. The van der Waals surface area contributed by atoms with Gasteiger partial charge in [0.15, 0.2) is 5.84 Å². The summed E-state index contributed by atoms with van der Waals surface area (Å²) in [5, 5.41) is 15.9. The molecule has 0 fully saturated rings. The molecule has 0 aromatic heterocycles. The van der Waals surface area contributed by atoms with Crippen LogP contribution in [-0.4, -0.2) is 27.0 Å². The zero-order valence-electron chi connectivity index (χ0n) is 19.1. The number of amidine groups is 2. The Balaban J connectivity index is 1.48. The summed E-state index contributed by atoms with van der Waals surface area (Å²) in [6.07, 6.45) is 8.22. The van der Waals surface area contributed by atoms with E-state index in [2.05, 4.69) is 17.0 Å². The topological polar surface area (TPSA) is 78.1 Å². The first-order valence-corrected chi connectivity index (χ1v) is 12.3. The summed E-state index contributed by atoms with van der Waals surface area (Å²) in [6.45, 7) is 2.24. The van der Waals surface area contributed by atoms with Crippen molar-refractivity contribution in [2.75, 3.05) is 0 Å². The number of ether oxygens (including phenoxy) is 1. The van der Waals surface area contributed by atoms with Crippen molar-refractivity contribution < 1.29 is 13.9 Å². The van der Waals surface area contributed by atoms with Gasteiger partial charge in [0.05, 0.1) is 5.57 Å². The van der Waals surface area contributed by atoms with Crippen LogP contribution in [0, 0.1) is 11.2 Å². The molecule has 0 aliphatic carbocycles. The number of nitrogens with zero attached hydrogens (tertiary/aromatic N) is 3. The molecule has 34 heavy (non-hydrogen) atoms. The number of hydrazone groups is 1. The molecule has 2 aliphatic heterocycles. The molecule has 2 aromatic rings. The van der Waals surface area contributed by atoms with Crippen LogP contribution in [-0.2, 0) is 11.4 Å². The minimum absolute atomic E-state index is 0.00705. The van der Waals surface area contributed by atoms with Crippen LogP contribution in [0.15, 0.2) is 64.2 Å². The Morgan fingerprint density at radius 3 is 2.68 bits per heavy atom. The number of hydrogen-bond acceptors (Lipinski definition) is 5. The lowest BCUT2D eigenvalue weighted by atomic mass is 10.1. The van der Waals surface area contributed by atoms with Crippen LogP contribution in [0.1, 0.15) is 56.6 Å². The van der Waals surface area contributed by atoms with E-state index in [4.69, 9.17) is 10.1 Å². The first-order chi connectivity index (χ1) is 16.6. The second-order valence-electron chi connectivity index (χ2n) is 8.10.